The Morgan fingerprint density at radius 3 is 2.64 bits per heavy atom. The Bertz CT molecular complexity index is 296. The molecule has 0 unspecified atom stereocenters. The third-order valence-electron chi connectivity index (χ3n) is 2.47. The van der Waals surface area contributed by atoms with E-state index in [0.29, 0.717) is 0 Å². The number of halogens is 1. The third-order valence-corrected chi connectivity index (χ3v) is 3.33. The Morgan fingerprint density at radius 1 is 1.29 bits per heavy atom. The molecule has 0 aliphatic carbocycles. The van der Waals surface area contributed by atoms with Gasteiger partial charge in [-0.3, -0.25) is 4.90 Å². The van der Waals surface area contributed by atoms with Crippen molar-refractivity contribution in [3.8, 4) is 0 Å². The van der Waals surface area contributed by atoms with Crippen molar-refractivity contribution in [1.82, 2.24) is 4.90 Å². The molecular weight excluding hydrogens is 238 g/mol. The van der Waals surface area contributed by atoms with Crippen molar-refractivity contribution in [2.75, 3.05) is 19.0 Å². The van der Waals surface area contributed by atoms with Gasteiger partial charge in [-0.1, -0.05) is 39.7 Å². The highest BCUT2D eigenvalue weighted by Crippen LogP contribution is 2.11. The second-order valence-corrected chi connectivity index (χ2v) is 4.38. The first kappa shape index (κ1) is 11.7. The maximum Gasteiger partial charge on any atom is 0.0539 e. The van der Waals surface area contributed by atoms with E-state index in [1.807, 2.05) is 0 Å². The lowest BCUT2D eigenvalue weighted by atomic mass is 10.0. The minimum Gasteiger partial charge on any atom is -0.296 e. The minimum atomic E-state index is 0.942. The van der Waals surface area contributed by atoms with E-state index in [2.05, 4.69) is 59.9 Å². The average molecular weight is 256 g/mol. The third kappa shape index (κ3) is 3.43. The van der Waals surface area contributed by atoms with E-state index in [0.717, 1.165) is 18.4 Å². The minimum absolute atomic E-state index is 0.942. The molecule has 1 aromatic rings. The standard InChI is InChI=1S/C12H18BrN/c1-10-4-5-11(2)12(8-10)6-7-14(3)9-13/h4-5,8H,6-7,9H2,1-3H3. The summed E-state index contributed by atoms with van der Waals surface area (Å²) in [6, 6.07) is 6.67. The van der Waals surface area contributed by atoms with Crippen molar-refractivity contribution in [3.63, 3.8) is 0 Å². The molecule has 0 aliphatic heterocycles. The van der Waals surface area contributed by atoms with Crippen molar-refractivity contribution in [1.29, 1.82) is 0 Å². The molecule has 14 heavy (non-hydrogen) atoms. The number of aryl methyl sites for hydroxylation is 2. The van der Waals surface area contributed by atoms with E-state index in [4.69, 9.17) is 0 Å². The summed E-state index contributed by atoms with van der Waals surface area (Å²) in [5.74, 6) is 0. The summed E-state index contributed by atoms with van der Waals surface area (Å²) in [5, 5.41) is 0. The van der Waals surface area contributed by atoms with E-state index < -0.39 is 0 Å². The molecule has 0 fully saturated rings. The van der Waals surface area contributed by atoms with Crippen molar-refractivity contribution in [2.24, 2.45) is 0 Å². The summed E-state index contributed by atoms with van der Waals surface area (Å²) in [6.45, 7) is 5.44. The molecule has 0 amide bonds. The Balaban J connectivity index is 2.62. The summed E-state index contributed by atoms with van der Waals surface area (Å²) in [6.07, 6.45) is 1.13. The van der Waals surface area contributed by atoms with Crippen LogP contribution in [0.4, 0.5) is 0 Å². The van der Waals surface area contributed by atoms with Gasteiger partial charge in [0.25, 0.3) is 0 Å². The Morgan fingerprint density at radius 2 is 2.00 bits per heavy atom. The fourth-order valence-electron chi connectivity index (χ4n) is 1.44. The first-order valence-corrected chi connectivity index (χ1v) is 6.06. The van der Waals surface area contributed by atoms with Gasteiger partial charge in [-0.25, -0.2) is 0 Å². The molecule has 0 bridgehead atoms. The molecule has 0 aromatic heterocycles. The Kier molecular flexibility index (Phi) is 4.63. The van der Waals surface area contributed by atoms with Gasteiger partial charge in [0.1, 0.15) is 0 Å². The summed E-state index contributed by atoms with van der Waals surface area (Å²) in [4.78, 5) is 2.27. The Labute approximate surface area is 95.2 Å². The highest BCUT2D eigenvalue weighted by atomic mass is 79.9. The van der Waals surface area contributed by atoms with Crippen molar-refractivity contribution >= 4 is 15.9 Å². The van der Waals surface area contributed by atoms with Crippen LogP contribution in [0.1, 0.15) is 16.7 Å². The summed E-state index contributed by atoms with van der Waals surface area (Å²) in [5.41, 5.74) is 5.17. The van der Waals surface area contributed by atoms with E-state index in [9.17, 15) is 0 Å². The van der Waals surface area contributed by atoms with Crippen LogP contribution in [-0.4, -0.2) is 23.9 Å². The molecule has 0 saturated carbocycles. The van der Waals surface area contributed by atoms with Gasteiger partial charge in [-0.15, -0.1) is 0 Å². The van der Waals surface area contributed by atoms with Gasteiger partial charge in [0.15, 0.2) is 0 Å². The lowest BCUT2D eigenvalue weighted by Gasteiger charge is -2.14. The molecule has 0 aliphatic rings. The summed E-state index contributed by atoms with van der Waals surface area (Å²) in [7, 11) is 2.12. The molecule has 1 nitrogen and oxygen atoms in total. The smallest absolute Gasteiger partial charge is 0.0539 e. The molecule has 1 aromatic carbocycles. The number of alkyl halides is 1. The second kappa shape index (κ2) is 5.52. The molecular formula is C12H18BrN. The number of hydrogen-bond donors (Lipinski definition) is 0. The van der Waals surface area contributed by atoms with Crippen LogP contribution in [0.2, 0.25) is 0 Å². The van der Waals surface area contributed by atoms with Crippen LogP contribution in [0.3, 0.4) is 0 Å². The maximum absolute atomic E-state index is 3.45. The molecule has 2 heteroatoms. The molecule has 1 rings (SSSR count). The largest absolute Gasteiger partial charge is 0.296 e. The quantitative estimate of drug-likeness (QED) is 0.591. The van der Waals surface area contributed by atoms with Gasteiger partial charge in [-0.2, -0.15) is 0 Å². The van der Waals surface area contributed by atoms with Crippen LogP contribution >= 0.6 is 15.9 Å². The molecule has 0 atom stereocenters. The van der Waals surface area contributed by atoms with Gasteiger partial charge in [0.05, 0.1) is 5.45 Å². The first-order chi connectivity index (χ1) is 6.63. The lowest BCUT2D eigenvalue weighted by Crippen LogP contribution is -2.19. The van der Waals surface area contributed by atoms with Gasteiger partial charge >= 0.3 is 0 Å². The van der Waals surface area contributed by atoms with E-state index in [1.165, 1.54) is 16.7 Å². The highest BCUT2D eigenvalue weighted by molar-refractivity contribution is 9.09. The molecule has 0 saturated heterocycles. The highest BCUT2D eigenvalue weighted by Gasteiger charge is 2.00. The number of nitrogens with zero attached hydrogens (tertiary/aromatic N) is 1. The topological polar surface area (TPSA) is 3.24 Å². The van der Waals surface area contributed by atoms with Crippen molar-refractivity contribution in [2.45, 2.75) is 20.3 Å². The maximum atomic E-state index is 3.45. The van der Waals surface area contributed by atoms with Gasteiger partial charge in [0, 0.05) is 6.54 Å². The summed E-state index contributed by atoms with van der Waals surface area (Å²) >= 11 is 3.45. The van der Waals surface area contributed by atoms with Gasteiger partial charge < -0.3 is 0 Å². The van der Waals surface area contributed by atoms with E-state index in [1.54, 1.807) is 0 Å². The Hall–Kier alpha value is -0.340. The normalized spacial score (nSPS) is 10.9. The number of likely N-dealkylation sites (N-methyl/N-ethyl adjacent to an activating group) is 1. The van der Waals surface area contributed by atoms with E-state index in [-0.39, 0.29) is 0 Å². The van der Waals surface area contributed by atoms with Crippen molar-refractivity contribution in [3.05, 3.63) is 34.9 Å². The number of hydrogen-bond acceptors (Lipinski definition) is 1. The van der Waals surface area contributed by atoms with Crippen LogP contribution < -0.4 is 0 Å². The monoisotopic (exact) mass is 255 g/mol. The van der Waals surface area contributed by atoms with Crippen LogP contribution in [0.15, 0.2) is 18.2 Å². The van der Waals surface area contributed by atoms with E-state index >= 15 is 0 Å². The molecule has 0 spiro atoms. The van der Waals surface area contributed by atoms with Gasteiger partial charge in [-0.05, 0) is 38.4 Å². The fraction of sp³-hybridized carbons (Fsp3) is 0.500. The predicted octanol–water partition coefficient (Wildman–Crippen LogP) is 3.13. The van der Waals surface area contributed by atoms with Crippen LogP contribution in [0, 0.1) is 13.8 Å². The van der Waals surface area contributed by atoms with Crippen LogP contribution in [0.5, 0.6) is 0 Å². The number of benzene rings is 1. The molecule has 0 radical (unpaired) electrons. The molecule has 78 valence electrons. The number of rotatable bonds is 4. The van der Waals surface area contributed by atoms with Crippen molar-refractivity contribution < 1.29 is 0 Å². The van der Waals surface area contributed by atoms with Crippen LogP contribution in [-0.2, 0) is 6.42 Å². The first-order valence-electron chi connectivity index (χ1n) is 4.94. The summed E-state index contributed by atoms with van der Waals surface area (Å²) < 4.78 is 0. The zero-order chi connectivity index (χ0) is 10.6. The average Bonchev–Trinajstić information content (AvgIpc) is 2.19. The SMILES string of the molecule is Cc1ccc(C)c(CCN(C)CBr)c1. The van der Waals surface area contributed by atoms with Crippen LogP contribution in [0.25, 0.3) is 0 Å². The fourth-order valence-corrected chi connectivity index (χ4v) is 1.69. The lowest BCUT2D eigenvalue weighted by molar-refractivity contribution is 0.401. The zero-order valence-corrected chi connectivity index (χ0v) is 10.8. The molecule has 0 N–H and O–H groups in total. The predicted molar refractivity (Wildman–Crippen MR) is 66.0 cm³/mol. The molecule has 0 heterocycles. The second-order valence-electron chi connectivity index (χ2n) is 3.88. The zero-order valence-electron chi connectivity index (χ0n) is 9.18. The van der Waals surface area contributed by atoms with Gasteiger partial charge in [0.2, 0.25) is 0 Å².